The number of aromatic amines is 1. The number of ketones is 1. The fourth-order valence-corrected chi connectivity index (χ4v) is 3.97. The molecule has 5 nitrogen and oxygen atoms in total. The number of carbonyl (C=O) groups is 1. The Hall–Kier alpha value is -1.86. The molecule has 1 aromatic carbocycles. The fraction of sp³-hybridized carbons (Fsp3) is 0.214. The predicted molar refractivity (Wildman–Crippen MR) is 87.4 cm³/mol. The van der Waals surface area contributed by atoms with Gasteiger partial charge < -0.3 is 10.3 Å². The van der Waals surface area contributed by atoms with Gasteiger partial charge in [0, 0.05) is 29.7 Å². The maximum atomic E-state index is 12.6. The van der Waals surface area contributed by atoms with Gasteiger partial charge in [-0.05, 0) is 13.0 Å². The second kappa shape index (κ2) is 5.87. The monoisotopic (exact) mass is 318 g/mol. The molecule has 0 saturated carbocycles. The fourth-order valence-electron chi connectivity index (χ4n) is 2.06. The number of rotatable bonds is 5. The number of thioether (sulfide) groups is 1. The van der Waals surface area contributed by atoms with E-state index < -0.39 is 0 Å². The number of hydrogen-bond donors (Lipinski definition) is 2. The van der Waals surface area contributed by atoms with E-state index in [1.54, 1.807) is 13.2 Å². The lowest BCUT2D eigenvalue weighted by Gasteiger charge is -2.06. The Balaban J connectivity index is 1.81. The molecule has 0 aliphatic rings. The molecule has 0 bridgehead atoms. The first-order valence-electron chi connectivity index (χ1n) is 6.47. The van der Waals surface area contributed by atoms with Crippen molar-refractivity contribution in [1.82, 2.24) is 15.2 Å². The molecular weight excluding hydrogens is 304 g/mol. The first kappa shape index (κ1) is 14.1. The van der Waals surface area contributed by atoms with Crippen molar-refractivity contribution >= 4 is 44.9 Å². The first-order chi connectivity index (χ1) is 10.2. The Morgan fingerprint density at radius 3 is 2.95 bits per heavy atom. The Morgan fingerprint density at radius 1 is 1.38 bits per heavy atom. The molecule has 108 valence electrons. The van der Waals surface area contributed by atoms with Crippen LogP contribution in [0.5, 0.6) is 0 Å². The van der Waals surface area contributed by atoms with Gasteiger partial charge in [0.15, 0.2) is 10.1 Å². The van der Waals surface area contributed by atoms with Crippen LogP contribution in [0.15, 0.2) is 34.8 Å². The number of hydrogen-bond acceptors (Lipinski definition) is 6. The minimum atomic E-state index is -0.207. The number of Topliss-reactive ketones (excluding diaryl/α,β-unsaturated/α-hetero) is 1. The van der Waals surface area contributed by atoms with Crippen LogP contribution in [0.3, 0.4) is 0 Å². The highest BCUT2D eigenvalue weighted by Crippen LogP contribution is 2.31. The highest BCUT2D eigenvalue weighted by molar-refractivity contribution is 8.02. The van der Waals surface area contributed by atoms with E-state index in [4.69, 9.17) is 0 Å². The molecule has 0 fully saturated rings. The number of fused-ring (bicyclic) bond motifs is 1. The van der Waals surface area contributed by atoms with Crippen molar-refractivity contribution in [2.24, 2.45) is 0 Å². The molecule has 21 heavy (non-hydrogen) atoms. The van der Waals surface area contributed by atoms with E-state index in [-0.39, 0.29) is 11.0 Å². The average molecular weight is 318 g/mol. The second-order valence-electron chi connectivity index (χ2n) is 4.50. The van der Waals surface area contributed by atoms with Crippen molar-refractivity contribution in [2.45, 2.75) is 16.5 Å². The third-order valence-corrected chi connectivity index (χ3v) is 5.25. The van der Waals surface area contributed by atoms with Crippen LogP contribution in [0.1, 0.15) is 17.3 Å². The molecule has 2 aromatic heterocycles. The van der Waals surface area contributed by atoms with Crippen LogP contribution in [-0.2, 0) is 0 Å². The molecule has 2 heterocycles. The van der Waals surface area contributed by atoms with E-state index in [1.807, 2.05) is 31.2 Å². The molecule has 0 radical (unpaired) electrons. The van der Waals surface area contributed by atoms with Crippen LogP contribution in [0, 0.1) is 0 Å². The minimum Gasteiger partial charge on any atom is -0.363 e. The van der Waals surface area contributed by atoms with Crippen molar-refractivity contribution in [3.8, 4) is 0 Å². The molecule has 0 aliphatic heterocycles. The highest BCUT2D eigenvalue weighted by Gasteiger charge is 2.21. The highest BCUT2D eigenvalue weighted by atomic mass is 32.2. The molecule has 0 amide bonds. The summed E-state index contributed by atoms with van der Waals surface area (Å²) in [4.78, 5) is 15.7. The van der Waals surface area contributed by atoms with E-state index in [9.17, 15) is 4.79 Å². The maximum Gasteiger partial charge on any atom is 0.206 e. The lowest BCUT2D eigenvalue weighted by Crippen LogP contribution is -2.12. The smallest absolute Gasteiger partial charge is 0.206 e. The van der Waals surface area contributed by atoms with Crippen molar-refractivity contribution in [3.63, 3.8) is 0 Å². The van der Waals surface area contributed by atoms with E-state index in [0.717, 1.165) is 25.9 Å². The summed E-state index contributed by atoms with van der Waals surface area (Å²) >= 11 is 2.89. The number of benzene rings is 1. The summed E-state index contributed by atoms with van der Waals surface area (Å²) in [6, 6.07) is 7.81. The van der Waals surface area contributed by atoms with E-state index in [1.165, 1.54) is 23.1 Å². The lowest BCUT2D eigenvalue weighted by molar-refractivity contribution is 0.0995. The molecule has 3 rings (SSSR count). The zero-order chi connectivity index (χ0) is 14.8. The molecule has 0 aliphatic carbocycles. The van der Waals surface area contributed by atoms with Crippen LogP contribution in [0.25, 0.3) is 10.9 Å². The number of para-hydroxylation sites is 1. The lowest BCUT2D eigenvalue weighted by atomic mass is 10.1. The normalized spacial score (nSPS) is 12.5. The van der Waals surface area contributed by atoms with Crippen molar-refractivity contribution in [1.29, 1.82) is 0 Å². The summed E-state index contributed by atoms with van der Waals surface area (Å²) < 4.78 is 0.792. The Kier molecular flexibility index (Phi) is 3.94. The van der Waals surface area contributed by atoms with Crippen LogP contribution >= 0.6 is 23.1 Å². The number of nitrogens with zero attached hydrogens (tertiary/aromatic N) is 2. The molecular formula is C14H14N4OS2. The van der Waals surface area contributed by atoms with Crippen molar-refractivity contribution < 1.29 is 4.79 Å². The van der Waals surface area contributed by atoms with Gasteiger partial charge in [0.1, 0.15) is 0 Å². The Morgan fingerprint density at radius 2 is 2.19 bits per heavy atom. The van der Waals surface area contributed by atoms with Crippen molar-refractivity contribution in [2.75, 3.05) is 12.4 Å². The summed E-state index contributed by atoms with van der Waals surface area (Å²) in [6.45, 7) is 1.90. The topological polar surface area (TPSA) is 70.7 Å². The number of H-pyrrole nitrogens is 1. The maximum absolute atomic E-state index is 12.6. The van der Waals surface area contributed by atoms with Crippen LogP contribution in [0.4, 0.5) is 5.13 Å². The Bertz CT molecular complexity index is 780. The number of nitrogens with one attached hydrogen (secondary N) is 2. The summed E-state index contributed by atoms with van der Waals surface area (Å²) in [5, 5.41) is 12.5. The molecule has 7 heteroatoms. The third kappa shape index (κ3) is 2.79. The van der Waals surface area contributed by atoms with Gasteiger partial charge in [0.2, 0.25) is 5.13 Å². The quantitative estimate of drug-likeness (QED) is 0.557. The van der Waals surface area contributed by atoms with Gasteiger partial charge in [-0.3, -0.25) is 4.79 Å². The predicted octanol–water partition coefficient (Wildman–Crippen LogP) is 3.42. The van der Waals surface area contributed by atoms with Gasteiger partial charge in [-0.15, -0.1) is 10.2 Å². The third-order valence-electron chi connectivity index (χ3n) is 3.12. The van der Waals surface area contributed by atoms with Crippen molar-refractivity contribution in [3.05, 3.63) is 36.0 Å². The van der Waals surface area contributed by atoms with Gasteiger partial charge in [0.05, 0.1) is 5.25 Å². The zero-order valence-electron chi connectivity index (χ0n) is 11.6. The Labute approximate surface area is 130 Å². The van der Waals surface area contributed by atoms with Gasteiger partial charge in [0.25, 0.3) is 0 Å². The largest absolute Gasteiger partial charge is 0.363 e. The van der Waals surface area contributed by atoms with E-state index in [0.29, 0.717) is 0 Å². The summed E-state index contributed by atoms with van der Waals surface area (Å²) in [6.07, 6.45) is 1.78. The van der Waals surface area contributed by atoms with Gasteiger partial charge in [-0.1, -0.05) is 41.3 Å². The standard InChI is InChI=1S/C14H14N4OS2/c1-8(20-14-18-17-13(15-2)21-14)12(19)10-7-16-11-6-4-3-5-9(10)11/h3-8,16H,1-2H3,(H,15,17). The molecule has 3 aromatic rings. The summed E-state index contributed by atoms with van der Waals surface area (Å²) in [5.74, 6) is 0.0960. The molecule has 1 unspecified atom stereocenters. The first-order valence-corrected chi connectivity index (χ1v) is 8.17. The van der Waals surface area contributed by atoms with Crippen LogP contribution in [0.2, 0.25) is 0 Å². The second-order valence-corrected chi connectivity index (χ2v) is 7.06. The summed E-state index contributed by atoms with van der Waals surface area (Å²) in [5.41, 5.74) is 1.70. The van der Waals surface area contributed by atoms with Crippen LogP contribution < -0.4 is 5.32 Å². The number of carbonyl (C=O) groups excluding carboxylic acids is 1. The molecule has 2 N–H and O–H groups in total. The van der Waals surface area contributed by atoms with E-state index in [2.05, 4.69) is 20.5 Å². The summed E-state index contributed by atoms with van der Waals surface area (Å²) in [7, 11) is 1.80. The van der Waals surface area contributed by atoms with Gasteiger partial charge >= 0.3 is 0 Å². The van der Waals surface area contributed by atoms with E-state index >= 15 is 0 Å². The molecule has 0 saturated heterocycles. The minimum absolute atomic E-state index is 0.0960. The van der Waals surface area contributed by atoms with Gasteiger partial charge in [-0.2, -0.15) is 0 Å². The average Bonchev–Trinajstić information content (AvgIpc) is 3.12. The van der Waals surface area contributed by atoms with Gasteiger partial charge in [-0.25, -0.2) is 0 Å². The SMILES string of the molecule is CNc1nnc(SC(C)C(=O)c2c[nH]c3ccccc23)s1. The molecule has 0 spiro atoms. The number of anilines is 1. The number of aromatic nitrogens is 3. The van der Waals surface area contributed by atoms with Crippen LogP contribution in [-0.4, -0.2) is 33.3 Å². The zero-order valence-corrected chi connectivity index (χ0v) is 13.2. The molecule has 1 atom stereocenters.